The van der Waals surface area contributed by atoms with Gasteiger partial charge in [0.25, 0.3) is 0 Å². The van der Waals surface area contributed by atoms with Gasteiger partial charge in [-0.25, -0.2) is 18.4 Å². The second-order valence-electron chi connectivity index (χ2n) is 8.64. The fraction of sp³-hybridized carbons (Fsp3) is 0.333. The van der Waals surface area contributed by atoms with Crippen molar-refractivity contribution in [3.8, 4) is 23.0 Å². The molecule has 0 fully saturated rings. The van der Waals surface area contributed by atoms with E-state index in [1.807, 2.05) is 0 Å². The zero-order valence-corrected chi connectivity index (χ0v) is 21.6. The number of halogens is 2. The third-order valence-corrected chi connectivity index (χ3v) is 5.60. The quantitative estimate of drug-likeness (QED) is 0.123. The first kappa shape index (κ1) is 28.6. The second-order valence-corrected chi connectivity index (χ2v) is 8.64. The molecule has 38 heavy (non-hydrogen) atoms. The van der Waals surface area contributed by atoms with Gasteiger partial charge < -0.3 is 18.9 Å². The lowest BCUT2D eigenvalue weighted by Crippen LogP contribution is -2.12. The summed E-state index contributed by atoms with van der Waals surface area (Å²) in [6, 6.07) is 13.5. The number of hydrogen-bond acceptors (Lipinski definition) is 6. The Morgan fingerprint density at radius 2 is 0.947 bits per heavy atom. The molecule has 0 radical (unpaired) electrons. The molecule has 0 unspecified atom stereocenters. The van der Waals surface area contributed by atoms with Crippen molar-refractivity contribution in [1.29, 1.82) is 0 Å². The van der Waals surface area contributed by atoms with Gasteiger partial charge in [0, 0.05) is 12.1 Å². The topological polar surface area (TPSA) is 71.1 Å². The van der Waals surface area contributed by atoms with Gasteiger partial charge >= 0.3 is 11.9 Å². The van der Waals surface area contributed by atoms with E-state index in [9.17, 15) is 18.4 Å². The predicted molar refractivity (Wildman–Crippen MR) is 139 cm³/mol. The minimum Gasteiger partial charge on any atom is -0.493 e. The lowest BCUT2D eigenvalue weighted by Gasteiger charge is -2.10. The first-order chi connectivity index (χ1) is 18.4. The van der Waals surface area contributed by atoms with Crippen molar-refractivity contribution >= 4 is 11.9 Å². The van der Waals surface area contributed by atoms with Gasteiger partial charge in [-0.05, 0) is 61.4 Å². The molecule has 0 aliphatic heterocycles. The predicted octanol–water partition coefficient (Wildman–Crippen LogP) is 7.54. The Kier molecular flexibility index (Phi) is 11.1. The summed E-state index contributed by atoms with van der Waals surface area (Å²) in [4.78, 5) is 24.8. The number of unbranched alkanes of at least 4 members (excludes halogenated alkanes) is 4. The van der Waals surface area contributed by atoms with Crippen molar-refractivity contribution in [1.82, 2.24) is 0 Å². The molecule has 0 N–H and O–H groups in total. The second kappa shape index (κ2) is 14.7. The van der Waals surface area contributed by atoms with Crippen LogP contribution in [0, 0.1) is 11.6 Å². The van der Waals surface area contributed by atoms with Gasteiger partial charge in [-0.15, -0.1) is 0 Å². The summed E-state index contributed by atoms with van der Waals surface area (Å²) >= 11 is 0. The van der Waals surface area contributed by atoms with E-state index >= 15 is 0 Å². The van der Waals surface area contributed by atoms with Crippen molar-refractivity contribution in [3.05, 3.63) is 83.4 Å². The molecule has 0 amide bonds. The van der Waals surface area contributed by atoms with Gasteiger partial charge in [0.1, 0.15) is 34.6 Å². The van der Waals surface area contributed by atoms with Crippen LogP contribution in [-0.2, 0) is 0 Å². The molecule has 0 saturated heterocycles. The highest BCUT2D eigenvalue weighted by atomic mass is 19.1. The summed E-state index contributed by atoms with van der Waals surface area (Å²) in [6.45, 7) is 5.10. The van der Waals surface area contributed by atoms with E-state index in [0.29, 0.717) is 24.7 Å². The van der Waals surface area contributed by atoms with Gasteiger partial charge in [-0.3, -0.25) is 0 Å². The van der Waals surface area contributed by atoms with E-state index in [2.05, 4.69) is 13.8 Å². The third-order valence-electron chi connectivity index (χ3n) is 5.60. The van der Waals surface area contributed by atoms with E-state index < -0.39 is 23.6 Å². The summed E-state index contributed by atoms with van der Waals surface area (Å²) in [6.07, 6.45) is 5.86. The lowest BCUT2D eigenvalue weighted by molar-refractivity contribution is 0.0714. The molecule has 3 aromatic rings. The van der Waals surface area contributed by atoms with Crippen molar-refractivity contribution in [3.63, 3.8) is 0 Å². The number of ether oxygens (including phenoxy) is 4. The summed E-state index contributed by atoms with van der Waals surface area (Å²) in [5.41, 5.74) is -0.482. The largest absolute Gasteiger partial charge is 0.493 e. The summed E-state index contributed by atoms with van der Waals surface area (Å²) in [5.74, 6) is -2.37. The maximum absolute atomic E-state index is 14.4. The van der Waals surface area contributed by atoms with E-state index in [1.54, 1.807) is 0 Å². The van der Waals surface area contributed by atoms with Crippen LogP contribution in [0.15, 0.2) is 60.7 Å². The van der Waals surface area contributed by atoms with E-state index in [1.165, 1.54) is 48.5 Å². The Bertz CT molecular complexity index is 1120. The van der Waals surface area contributed by atoms with Crippen LogP contribution >= 0.6 is 0 Å². The van der Waals surface area contributed by atoms with Crippen LogP contribution in [-0.4, -0.2) is 25.2 Å². The normalized spacial score (nSPS) is 10.6. The minimum absolute atomic E-state index is 0.116. The Labute approximate surface area is 221 Å². The Balaban J connectivity index is 1.54. The van der Waals surface area contributed by atoms with Crippen LogP contribution < -0.4 is 18.9 Å². The zero-order chi connectivity index (χ0) is 27.3. The molecule has 3 rings (SSSR count). The molecule has 8 heteroatoms. The summed E-state index contributed by atoms with van der Waals surface area (Å²) < 4.78 is 50.3. The minimum atomic E-state index is -0.885. The van der Waals surface area contributed by atoms with Crippen molar-refractivity contribution < 1.29 is 37.3 Å². The fourth-order valence-corrected chi connectivity index (χ4v) is 3.49. The molecule has 0 aliphatic rings. The highest BCUT2D eigenvalue weighted by Gasteiger charge is 2.17. The van der Waals surface area contributed by atoms with Gasteiger partial charge in [0.05, 0.1) is 24.3 Å². The van der Waals surface area contributed by atoms with Crippen molar-refractivity contribution in [2.24, 2.45) is 0 Å². The number of carbonyl (C=O) groups is 2. The Morgan fingerprint density at radius 3 is 1.29 bits per heavy atom. The van der Waals surface area contributed by atoms with Crippen LogP contribution in [0.5, 0.6) is 23.0 Å². The molecule has 202 valence electrons. The standard InChI is InChI=1S/C30H32F2O6/c1-3-5-7-17-35-23-13-15-25(27(31)19-23)29(33)37-21-9-11-22(12-10-21)38-30(34)26-16-14-24(20-28(26)32)36-18-8-6-4-2/h9-16,19-20H,3-8,17-18H2,1-2H3. The molecule has 0 atom stereocenters. The number of esters is 2. The number of carbonyl (C=O) groups excluding carboxylic acids is 2. The first-order valence-corrected chi connectivity index (χ1v) is 12.8. The summed E-state index contributed by atoms with van der Waals surface area (Å²) in [5, 5.41) is 0. The smallest absolute Gasteiger partial charge is 0.346 e. The fourth-order valence-electron chi connectivity index (χ4n) is 3.49. The SMILES string of the molecule is CCCCCOc1ccc(C(=O)Oc2ccc(OC(=O)c3ccc(OCCCCC)cc3F)cc2)c(F)c1. The van der Waals surface area contributed by atoms with Crippen LogP contribution in [0.4, 0.5) is 8.78 Å². The molecular weight excluding hydrogens is 494 g/mol. The lowest BCUT2D eigenvalue weighted by atomic mass is 10.2. The highest BCUT2D eigenvalue weighted by Crippen LogP contribution is 2.23. The van der Waals surface area contributed by atoms with E-state index in [4.69, 9.17) is 18.9 Å². The molecule has 0 bridgehead atoms. The van der Waals surface area contributed by atoms with Gasteiger partial charge in [-0.1, -0.05) is 39.5 Å². The average Bonchev–Trinajstić information content (AvgIpc) is 2.90. The van der Waals surface area contributed by atoms with E-state index in [-0.39, 0.29) is 22.6 Å². The summed E-state index contributed by atoms with van der Waals surface area (Å²) in [7, 11) is 0. The zero-order valence-electron chi connectivity index (χ0n) is 21.6. The van der Waals surface area contributed by atoms with Gasteiger partial charge in [0.2, 0.25) is 0 Å². The molecule has 6 nitrogen and oxygen atoms in total. The Hall–Kier alpha value is -3.94. The molecule has 0 heterocycles. The van der Waals surface area contributed by atoms with Crippen LogP contribution in [0.3, 0.4) is 0 Å². The van der Waals surface area contributed by atoms with Gasteiger partial charge in [-0.2, -0.15) is 0 Å². The average molecular weight is 527 g/mol. The first-order valence-electron chi connectivity index (χ1n) is 12.8. The van der Waals surface area contributed by atoms with Gasteiger partial charge in [0.15, 0.2) is 0 Å². The van der Waals surface area contributed by atoms with Crippen LogP contribution in [0.2, 0.25) is 0 Å². The maximum atomic E-state index is 14.4. The van der Waals surface area contributed by atoms with Crippen LogP contribution in [0.25, 0.3) is 0 Å². The monoisotopic (exact) mass is 526 g/mol. The molecule has 0 aromatic heterocycles. The Morgan fingerprint density at radius 1 is 0.579 bits per heavy atom. The third kappa shape index (κ3) is 8.57. The molecule has 3 aromatic carbocycles. The molecular formula is C30H32F2O6. The number of hydrogen-bond donors (Lipinski definition) is 0. The molecule has 0 aliphatic carbocycles. The number of rotatable bonds is 14. The van der Waals surface area contributed by atoms with Crippen molar-refractivity contribution in [2.45, 2.75) is 52.4 Å². The number of benzene rings is 3. The molecule has 0 spiro atoms. The van der Waals surface area contributed by atoms with Crippen LogP contribution in [0.1, 0.15) is 73.1 Å². The highest BCUT2D eigenvalue weighted by molar-refractivity contribution is 5.92. The molecule has 0 saturated carbocycles. The van der Waals surface area contributed by atoms with Crippen molar-refractivity contribution in [2.75, 3.05) is 13.2 Å². The maximum Gasteiger partial charge on any atom is 0.346 e. The van der Waals surface area contributed by atoms with E-state index in [0.717, 1.165) is 50.7 Å².